The quantitative estimate of drug-likeness (QED) is 0.597. The van der Waals surface area contributed by atoms with Crippen molar-refractivity contribution in [2.45, 2.75) is 12.2 Å². The van der Waals surface area contributed by atoms with Crippen molar-refractivity contribution in [2.24, 2.45) is 0 Å². The fraction of sp³-hybridized carbons (Fsp3) is 0.300. The van der Waals surface area contributed by atoms with Crippen molar-refractivity contribution < 1.29 is 9.84 Å². The highest BCUT2D eigenvalue weighted by atomic mass is 16.5. The van der Waals surface area contributed by atoms with Crippen molar-refractivity contribution in [1.29, 1.82) is 5.26 Å². The lowest BCUT2D eigenvalue weighted by atomic mass is 9.90. The van der Waals surface area contributed by atoms with Gasteiger partial charge in [0, 0.05) is 5.56 Å². The second-order valence-corrected chi connectivity index (χ2v) is 3.12. The number of nitriles is 1. The van der Waals surface area contributed by atoms with Crippen molar-refractivity contribution in [1.82, 2.24) is 0 Å². The molecule has 3 nitrogen and oxygen atoms in total. The van der Waals surface area contributed by atoms with Crippen LogP contribution in [0.25, 0.3) is 0 Å². The molecule has 1 N–H and O–H groups in total. The number of ether oxygens (including phenoxy) is 1. The number of fused-ring (bicyclic) bond motifs is 1. The molecule has 1 aliphatic heterocycles. The predicted octanol–water partition coefficient (Wildman–Crippen LogP) is 0.928. The average Bonchev–Trinajstić information content (AvgIpc) is 2.19. The van der Waals surface area contributed by atoms with Crippen molar-refractivity contribution in [3.05, 3.63) is 35.4 Å². The van der Waals surface area contributed by atoms with Gasteiger partial charge in [0.05, 0.1) is 13.2 Å². The first-order valence-electron chi connectivity index (χ1n) is 4.06. The van der Waals surface area contributed by atoms with E-state index < -0.39 is 5.60 Å². The van der Waals surface area contributed by atoms with Gasteiger partial charge in [0.1, 0.15) is 6.07 Å². The van der Waals surface area contributed by atoms with Crippen LogP contribution in [0.1, 0.15) is 11.1 Å². The first kappa shape index (κ1) is 8.24. The lowest BCUT2D eigenvalue weighted by Crippen LogP contribution is -2.34. The van der Waals surface area contributed by atoms with Gasteiger partial charge in [0.25, 0.3) is 0 Å². The van der Waals surface area contributed by atoms with Gasteiger partial charge in [0.2, 0.25) is 5.60 Å². The molecule has 0 saturated carbocycles. The minimum Gasteiger partial charge on any atom is -0.372 e. The summed E-state index contributed by atoms with van der Waals surface area (Å²) in [5.74, 6) is 0. The second kappa shape index (κ2) is 2.84. The van der Waals surface area contributed by atoms with E-state index in [0.717, 1.165) is 5.56 Å². The van der Waals surface area contributed by atoms with Crippen molar-refractivity contribution >= 4 is 0 Å². The van der Waals surface area contributed by atoms with E-state index >= 15 is 0 Å². The normalized spacial score (nSPS) is 26.2. The summed E-state index contributed by atoms with van der Waals surface area (Å²) in [5, 5.41) is 18.7. The smallest absolute Gasteiger partial charge is 0.200 e. The van der Waals surface area contributed by atoms with E-state index in [4.69, 9.17) is 10.00 Å². The molecule has 0 radical (unpaired) electrons. The Labute approximate surface area is 76.2 Å². The van der Waals surface area contributed by atoms with Gasteiger partial charge in [-0.3, -0.25) is 0 Å². The van der Waals surface area contributed by atoms with Crippen LogP contribution in [0.4, 0.5) is 0 Å². The molecule has 0 aromatic heterocycles. The molecule has 0 amide bonds. The molecular weight excluding hydrogens is 166 g/mol. The Balaban J connectivity index is 2.56. The highest BCUT2D eigenvalue weighted by molar-refractivity contribution is 5.37. The van der Waals surface area contributed by atoms with Crippen LogP contribution in [0.2, 0.25) is 0 Å². The Kier molecular flexibility index (Phi) is 1.80. The fourth-order valence-electron chi connectivity index (χ4n) is 1.53. The first-order valence-corrected chi connectivity index (χ1v) is 4.06. The van der Waals surface area contributed by atoms with Crippen LogP contribution in [0.15, 0.2) is 24.3 Å². The summed E-state index contributed by atoms with van der Waals surface area (Å²) < 4.78 is 5.13. The Morgan fingerprint density at radius 1 is 1.46 bits per heavy atom. The molecule has 1 aromatic carbocycles. The highest BCUT2D eigenvalue weighted by Gasteiger charge is 2.34. The zero-order valence-electron chi connectivity index (χ0n) is 7.03. The molecule has 1 aromatic rings. The minimum atomic E-state index is -1.46. The third kappa shape index (κ3) is 1.21. The van der Waals surface area contributed by atoms with E-state index in [-0.39, 0.29) is 6.61 Å². The molecule has 1 atom stereocenters. The highest BCUT2D eigenvalue weighted by Crippen LogP contribution is 2.29. The zero-order valence-corrected chi connectivity index (χ0v) is 7.03. The Morgan fingerprint density at radius 2 is 2.23 bits per heavy atom. The van der Waals surface area contributed by atoms with E-state index in [1.807, 2.05) is 24.3 Å². The third-order valence-corrected chi connectivity index (χ3v) is 2.22. The topological polar surface area (TPSA) is 53.2 Å². The second-order valence-electron chi connectivity index (χ2n) is 3.12. The Hall–Kier alpha value is -1.37. The molecule has 2 rings (SSSR count). The van der Waals surface area contributed by atoms with Crippen LogP contribution in [-0.4, -0.2) is 11.7 Å². The summed E-state index contributed by atoms with van der Waals surface area (Å²) >= 11 is 0. The van der Waals surface area contributed by atoms with Crippen LogP contribution in [0.5, 0.6) is 0 Å². The van der Waals surface area contributed by atoms with Gasteiger partial charge in [-0.2, -0.15) is 5.26 Å². The summed E-state index contributed by atoms with van der Waals surface area (Å²) in [4.78, 5) is 0. The zero-order chi connectivity index (χ0) is 9.31. The summed E-state index contributed by atoms with van der Waals surface area (Å²) in [5.41, 5.74) is 0.0935. The van der Waals surface area contributed by atoms with Gasteiger partial charge in [-0.25, -0.2) is 0 Å². The SMILES string of the molecule is N#CC1(O)COCc2ccccc21. The third-order valence-electron chi connectivity index (χ3n) is 2.22. The molecular formula is C10H9NO2. The lowest BCUT2D eigenvalue weighted by Gasteiger charge is -2.28. The van der Waals surface area contributed by atoms with Gasteiger partial charge in [-0.05, 0) is 5.56 Å². The van der Waals surface area contributed by atoms with Crippen LogP contribution in [-0.2, 0) is 16.9 Å². The van der Waals surface area contributed by atoms with E-state index in [9.17, 15) is 5.11 Å². The molecule has 0 bridgehead atoms. The summed E-state index contributed by atoms with van der Waals surface area (Å²) in [6, 6.07) is 9.17. The van der Waals surface area contributed by atoms with Gasteiger partial charge < -0.3 is 9.84 Å². The maximum absolute atomic E-state index is 9.85. The van der Waals surface area contributed by atoms with Gasteiger partial charge in [-0.1, -0.05) is 24.3 Å². The molecule has 13 heavy (non-hydrogen) atoms. The lowest BCUT2D eigenvalue weighted by molar-refractivity contribution is -0.0355. The molecule has 0 fully saturated rings. The number of hydrogen-bond donors (Lipinski definition) is 1. The van der Waals surface area contributed by atoms with E-state index in [1.165, 1.54) is 0 Å². The van der Waals surface area contributed by atoms with Crippen LogP contribution in [0, 0.1) is 11.3 Å². The fourth-order valence-corrected chi connectivity index (χ4v) is 1.53. The molecule has 1 unspecified atom stereocenters. The summed E-state index contributed by atoms with van der Waals surface area (Å²) in [6.45, 7) is 0.528. The van der Waals surface area contributed by atoms with Gasteiger partial charge in [0.15, 0.2) is 0 Å². The number of nitrogens with zero attached hydrogens (tertiary/aromatic N) is 1. The molecule has 1 heterocycles. The summed E-state index contributed by atoms with van der Waals surface area (Å²) in [7, 11) is 0. The molecule has 0 spiro atoms. The Morgan fingerprint density at radius 3 is 3.00 bits per heavy atom. The van der Waals surface area contributed by atoms with Crippen molar-refractivity contribution in [3.63, 3.8) is 0 Å². The van der Waals surface area contributed by atoms with E-state index in [0.29, 0.717) is 12.2 Å². The largest absolute Gasteiger partial charge is 0.372 e. The van der Waals surface area contributed by atoms with Crippen LogP contribution >= 0.6 is 0 Å². The maximum atomic E-state index is 9.85. The number of benzene rings is 1. The van der Waals surface area contributed by atoms with E-state index in [2.05, 4.69) is 0 Å². The first-order chi connectivity index (χ1) is 6.26. The van der Waals surface area contributed by atoms with E-state index in [1.54, 1.807) is 6.07 Å². The maximum Gasteiger partial charge on any atom is 0.200 e. The predicted molar refractivity (Wildman–Crippen MR) is 45.6 cm³/mol. The van der Waals surface area contributed by atoms with Crippen molar-refractivity contribution in [2.75, 3.05) is 6.61 Å². The minimum absolute atomic E-state index is 0.0561. The molecule has 66 valence electrons. The molecule has 0 aliphatic carbocycles. The van der Waals surface area contributed by atoms with Gasteiger partial charge in [-0.15, -0.1) is 0 Å². The number of aliphatic hydroxyl groups is 1. The monoisotopic (exact) mass is 175 g/mol. The Bertz CT molecular complexity index is 369. The number of hydrogen-bond acceptors (Lipinski definition) is 3. The summed E-state index contributed by atoms with van der Waals surface area (Å²) in [6.07, 6.45) is 0. The average molecular weight is 175 g/mol. The molecule has 1 aliphatic rings. The van der Waals surface area contributed by atoms with Crippen LogP contribution < -0.4 is 0 Å². The number of rotatable bonds is 0. The van der Waals surface area contributed by atoms with Gasteiger partial charge >= 0.3 is 0 Å². The molecule has 3 heteroatoms. The van der Waals surface area contributed by atoms with Crippen LogP contribution in [0.3, 0.4) is 0 Å². The standard InChI is InChI=1S/C10H9NO2/c11-6-10(12)7-13-5-8-3-1-2-4-9(8)10/h1-4,12H,5,7H2. The molecule has 0 saturated heterocycles. The van der Waals surface area contributed by atoms with Crippen molar-refractivity contribution in [3.8, 4) is 6.07 Å².